The molecule has 2 heterocycles. The number of benzene rings is 1. The maximum absolute atomic E-state index is 13.2. The van der Waals surface area contributed by atoms with Gasteiger partial charge >= 0.3 is 5.97 Å². The van der Waals surface area contributed by atoms with Crippen LogP contribution in [0.4, 0.5) is 4.39 Å². The molecule has 146 valence electrons. The van der Waals surface area contributed by atoms with Crippen LogP contribution in [0.15, 0.2) is 46.6 Å². The fraction of sp³-hybridized carbons (Fsp3) is 0.263. The molecular weight excluding hydrogens is 365 g/mol. The summed E-state index contributed by atoms with van der Waals surface area (Å²) < 4.78 is 19.2. The molecule has 3 rings (SSSR count). The molecule has 2 aromatic heterocycles. The molecule has 28 heavy (non-hydrogen) atoms. The summed E-state index contributed by atoms with van der Waals surface area (Å²) in [4.78, 5) is 36.2. The molecule has 0 radical (unpaired) electrons. The van der Waals surface area contributed by atoms with Crippen molar-refractivity contribution < 1.29 is 13.9 Å². The van der Waals surface area contributed by atoms with Crippen LogP contribution in [0, 0.1) is 5.82 Å². The third-order valence-corrected chi connectivity index (χ3v) is 4.25. The van der Waals surface area contributed by atoms with E-state index in [4.69, 9.17) is 4.74 Å². The van der Waals surface area contributed by atoms with Crippen molar-refractivity contribution in [3.8, 4) is 5.69 Å². The van der Waals surface area contributed by atoms with Crippen LogP contribution in [0.25, 0.3) is 5.69 Å². The predicted molar refractivity (Wildman–Crippen MR) is 101 cm³/mol. The standard InChI is InChI=1S/C19H20FN5O3/c1-12(22-8-7-14-10-21-11-23-14)18-16(9-17(26)28-2)24-25(19(18)27)15-5-3-13(20)4-6-15/h3-6,10-11,24H,7-9H2,1-2H3,(H,21,23). The van der Waals surface area contributed by atoms with Gasteiger partial charge in [-0.25, -0.2) is 14.1 Å². The Balaban J connectivity index is 1.95. The second-order valence-corrected chi connectivity index (χ2v) is 6.13. The van der Waals surface area contributed by atoms with Gasteiger partial charge in [-0.1, -0.05) is 0 Å². The minimum absolute atomic E-state index is 0.108. The normalized spacial score (nSPS) is 11.6. The second kappa shape index (κ2) is 8.47. The summed E-state index contributed by atoms with van der Waals surface area (Å²) in [5.74, 6) is -0.895. The Labute approximate surface area is 160 Å². The number of imidazole rings is 1. The number of esters is 1. The highest BCUT2D eigenvalue weighted by Gasteiger charge is 2.20. The molecule has 0 aliphatic carbocycles. The fourth-order valence-corrected chi connectivity index (χ4v) is 2.82. The molecule has 0 atom stereocenters. The van der Waals surface area contributed by atoms with Crippen LogP contribution < -0.4 is 5.56 Å². The summed E-state index contributed by atoms with van der Waals surface area (Å²) in [5.41, 5.74) is 2.22. The molecule has 3 aromatic rings. The number of rotatable bonds is 7. The van der Waals surface area contributed by atoms with Crippen LogP contribution in [-0.2, 0) is 22.4 Å². The van der Waals surface area contributed by atoms with Crippen molar-refractivity contribution >= 4 is 11.7 Å². The number of aliphatic imine (C=N–C) groups is 1. The summed E-state index contributed by atoms with van der Waals surface area (Å²) in [6, 6.07) is 5.47. The van der Waals surface area contributed by atoms with Gasteiger partial charge in [0.1, 0.15) is 5.82 Å². The first-order chi connectivity index (χ1) is 13.5. The van der Waals surface area contributed by atoms with E-state index in [2.05, 4.69) is 20.1 Å². The van der Waals surface area contributed by atoms with Crippen molar-refractivity contribution in [1.29, 1.82) is 0 Å². The van der Waals surface area contributed by atoms with Gasteiger partial charge in [0, 0.05) is 30.6 Å². The third-order valence-electron chi connectivity index (χ3n) is 4.25. The molecule has 9 heteroatoms. The van der Waals surface area contributed by atoms with Gasteiger partial charge in [-0.2, -0.15) is 0 Å². The van der Waals surface area contributed by atoms with Crippen LogP contribution in [-0.4, -0.2) is 45.1 Å². The Morgan fingerprint density at radius 1 is 1.32 bits per heavy atom. The van der Waals surface area contributed by atoms with Crippen LogP contribution in [0.3, 0.4) is 0 Å². The van der Waals surface area contributed by atoms with E-state index in [1.54, 1.807) is 19.4 Å². The molecule has 1 aromatic carbocycles. The maximum atomic E-state index is 13.2. The van der Waals surface area contributed by atoms with Gasteiger partial charge in [-0.3, -0.25) is 19.7 Å². The zero-order chi connectivity index (χ0) is 20.1. The fourth-order valence-electron chi connectivity index (χ4n) is 2.82. The molecule has 0 saturated heterocycles. The number of carbonyl (C=O) groups is 1. The Hall–Kier alpha value is -3.49. The number of nitrogens with one attached hydrogen (secondary N) is 2. The molecule has 0 saturated carbocycles. The minimum atomic E-state index is -0.487. The Kier molecular flexibility index (Phi) is 5.83. The number of aromatic amines is 2. The molecule has 2 N–H and O–H groups in total. The summed E-state index contributed by atoms with van der Waals surface area (Å²) in [7, 11) is 1.28. The average molecular weight is 385 g/mol. The van der Waals surface area contributed by atoms with Gasteiger partial charge in [0.15, 0.2) is 0 Å². The molecular formula is C19H20FN5O3. The number of carbonyl (C=O) groups excluding carboxylic acids is 1. The molecule has 0 fully saturated rings. The molecule has 0 unspecified atom stereocenters. The van der Waals surface area contributed by atoms with Crippen LogP contribution in [0.1, 0.15) is 23.9 Å². The lowest BCUT2D eigenvalue weighted by Crippen LogP contribution is -2.20. The van der Waals surface area contributed by atoms with Crippen molar-refractivity contribution in [1.82, 2.24) is 19.7 Å². The lowest BCUT2D eigenvalue weighted by Gasteiger charge is -2.02. The molecule has 0 bridgehead atoms. The number of H-pyrrole nitrogens is 2. The van der Waals surface area contributed by atoms with E-state index >= 15 is 0 Å². The Bertz CT molecular complexity index is 1030. The summed E-state index contributed by atoms with van der Waals surface area (Å²) in [5, 5.41) is 2.92. The number of methoxy groups -OCH3 is 1. The highest BCUT2D eigenvalue weighted by Crippen LogP contribution is 2.11. The Morgan fingerprint density at radius 2 is 2.07 bits per heavy atom. The van der Waals surface area contributed by atoms with E-state index < -0.39 is 11.8 Å². The number of hydrogen-bond donors (Lipinski definition) is 2. The predicted octanol–water partition coefficient (Wildman–Crippen LogP) is 1.79. The first-order valence-electron chi connectivity index (χ1n) is 8.65. The van der Waals surface area contributed by atoms with E-state index in [0.717, 1.165) is 5.69 Å². The quantitative estimate of drug-likeness (QED) is 0.478. The lowest BCUT2D eigenvalue weighted by atomic mass is 10.1. The van der Waals surface area contributed by atoms with Crippen LogP contribution in [0.5, 0.6) is 0 Å². The van der Waals surface area contributed by atoms with Crippen molar-refractivity contribution in [2.75, 3.05) is 13.7 Å². The van der Waals surface area contributed by atoms with E-state index in [-0.39, 0.29) is 12.0 Å². The summed E-state index contributed by atoms with van der Waals surface area (Å²) in [6.45, 7) is 2.17. The van der Waals surface area contributed by atoms with Gasteiger partial charge < -0.3 is 9.72 Å². The molecule has 0 aliphatic rings. The summed E-state index contributed by atoms with van der Waals surface area (Å²) in [6.07, 6.45) is 3.84. The molecule has 8 nitrogen and oxygen atoms in total. The smallest absolute Gasteiger partial charge is 0.311 e. The van der Waals surface area contributed by atoms with Crippen molar-refractivity contribution in [2.24, 2.45) is 4.99 Å². The SMILES string of the molecule is COC(=O)Cc1[nH]n(-c2ccc(F)cc2)c(=O)c1C(C)=NCCc1cnc[nH]1. The number of aromatic nitrogens is 4. The van der Waals surface area contributed by atoms with E-state index in [9.17, 15) is 14.0 Å². The average Bonchev–Trinajstić information content (AvgIpc) is 3.30. The van der Waals surface area contributed by atoms with Gasteiger partial charge in [-0.15, -0.1) is 0 Å². The van der Waals surface area contributed by atoms with E-state index in [1.165, 1.54) is 36.1 Å². The van der Waals surface area contributed by atoms with Crippen molar-refractivity contribution in [2.45, 2.75) is 19.8 Å². The van der Waals surface area contributed by atoms with Crippen LogP contribution in [0.2, 0.25) is 0 Å². The molecule has 0 aliphatic heterocycles. The number of halogens is 1. The van der Waals surface area contributed by atoms with Crippen molar-refractivity contribution in [3.05, 3.63) is 69.9 Å². The maximum Gasteiger partial charge on any atom is 0.311 e. The molecule has 0 spiro atoms. The largest absolute Gasteiger partial charge is 0.469 e. The van der Waals surface area contributed by atoms with Crippen LogP contribution >= 0.6 is 0 Å². The van der Waals surface area contributed by atoms with Gasteiger partial charge in [-0.05, 0) is 31.2 Å². The Morgan fingerprint density at radius 3 is 2.71 bits per heavy atom. The number of hydrogen-bond acceptors (Lipinski definition) is 5. The van der Waals surface area contributed by atoms with Gasteiger partial charge in [0.05, 0.1) is 36.8 Å². The van der Waals surface area contributed by atoms with Gasteiger partial charge in [0.2, 0.25) is 0 Å². The van der Waals surface area contributed by atoms with E-state index in [1.807, 2.05) is 0 Å². The highest BCUT2D eigenvalue weighted by molar-refractivity contribution is 6.00. The monoisotopic (exact) mass is 385 g/mol. The molecule has 0 amide bonds. The first kappa shape index (κ1) is 19.3. The highest BCUT2D eigenvalue weighted by atomic mass is 19.1. The van der Waals surface area contributed by atoms with Gasteiger partial charge in [0.25, 0.3) is 5.56 Å². The number of nitrogens with zero attached hydrogens (tertiary/aromatic N) is 3. The topological polar surface area (TPSA) is 105 Å². The first-order valence-corrected chi connectivity index (χ1v) is 8.65. The second-order valence-electron chi connectivity index (χ2n) is 6.13. The zero-order valence-electron chi connectivity index (χ0n) is 15.5. The van der Waals surface area contributed by atoms with Crippen molar-refractivity contribution in [3.63, 3.8) is 0 Å². The lowest BCUT2D eigenvalue weighted by molar-refractivity contribution is -0.139. The van der Waals surface area contributed by atoms with E-state index in [0.29, 0.717) is 35.6 Å². The summed E-state index contributed by atoms with van der Waals surface area (Å²) >= 11 is 0. The third kappa shape index (κ3) is 4.25. The minimum Gasteiger partial charge on any atom is -0.469 e. The number of ether oxygens (including phenoxy) is 1. The zero-order valence-corrected chi connectivity index (χ0v) is 15.5.